The van der Waals surface area contributed by atoms with Crippen LogP contribution >= 0.6 is 0 Å². The van der Waals surface area contributed by atoms with Gasteiger partial charge in [0, 0.05) is 31.0 Å². The van der Waals surface area contributed by atoms with Crippen molar-refractivity contribution in [3.05, 3.63) is 101 Å². The third-order valence-corrected chi connectivity index (χ3v) is 9.79. The van der Waals surface area contributed by atoms with E-state index in [9.17, 15) is 13.2 Å². The summed E-state index contributed by atoms with van der Waals surface area (Å²) in [5, 5.41) is 8.99. The summed E-state index contributed by atoms with van der Waals surface area (Å²) in [7, 11) is -3.69. The monoisotopic (exact) mass is 610 g/mol. The van der Waals surface area contributed by atoms with Crippen LogP contribution in [-0.2, 0) is 14.8 Å². The molecule has 7 rings (SSSR count). The first kappa shape index (κ1) is 28.0. The fraction of sp³-hybridized carbons (Fsp3) is 0.226. The van der Waals surface area contributed by atoms with Crippen molar-refractivity contribution in [2.45, 2.75) is 24.8 Å². The molecule has 44 heavy (non-hydrogen) atoms. The van der Waals surface area contributed by atoms with Crippen LogP contribution in [0.25, 0.3) is 33.4 Å². The van der Waals surface area contributed by atoms with E-state index in [0.717, 1.165) is 11.1 Å². The van der Waals surface area contributed by atoms with Crippen LogP contribution in [0.4, 0.5) is 5.82 Å². The summed E-state index contributed by atoms with van der Waals surface area (Å²) < 4.78 is 36.8. The highest BCUT2D eigenvalue weighted by atomic mass is 32.2. The van der Waals surface area contributed by atoms with Gasteiger partial charge in [-0.3, -0.25) is 9.36 Å². The first-order chi connectivity index (χ1) is 21.3. The SMILES string of the molecule is Cc1ccn2nc(C(C)Nc3ncnc4[nH]cc(-c5cccc(S(=O)(=O)N6CCOCC6)c5)c34)n(-c3ccccc3)c(=O)c12. The van der Waals surface area contributed by atoms with Crippen molar-refractivity contribution in [2.75, 3.05) is 31.6 Å². The zero-order valence-electron chi connectivity index (χ0n) is 24.1. The Morgan fingerprint density at radius 1 is 1.02 bits per heavy atom. The average Bonchev–Trinajstić information content (AvgIpc) is 3.66. The van der Waals surface area contributed by atoms with E-state index >= 15 is 0 Å². The summed E-state index contributed by atoms with van der Waals surface area (Å²) in [5.41, 5.74) is 3.88. The van der Waals surface area contributed by atoms with Crippen molar-refractivity contribution in [2.24, 2.45) is 0 Å². The summed E-state index contributed by atoms with van der Waals surface area (Å²) >= 11 is 0. The molecule has 1 fully saturated rings. The molecule has 0 bridgehead atoms. The Hall–Kier alpha value is -4.85. The minimum absolute atomic E-state index is 0.175. The Morgan fingerprint density at radius 3 is 2.61 bits per heavy atom. The number of morpholine rings is 1. The van der Waals surface area contributed by atoms with Gasteiger partial charge in [0.05, 0.1) is 35.2 Å². The number of aromatic nitrogens is 6. The molecule has 13 heteroatoms. The maximum absolute atomic E-state index is 13.8. The van der Waals surface area contributed by atoms with E-state index in [2.05, 4.69) is 20.3 Å². The Labute approximate surface area is 253 Å². The summed E-state index contributed by atoms with van der Waals surface area (Å²) in [6.07, 6.45) is 5.03. The minimum Gasteiger partial charge on any atom is -0.379 e. The predicted octanol–water partition coefficient (Wildman–Crippen LogP) is 3.93. The van der Waals surface area contributed by atoms with Crippen LogP contribution in [0, 0.1) is 6.92 Å². The van der Waals surface area contributed by atoms with Crippen molar-refractivity contribution in [1.82, 2.24) is 33.4 Å². The molecule has 0 amide bonds. The molecule has 2 N–H and O–H groups in total. The second kappa shape index (κ2) is 11.0. The van der Waals surface area contributed by atoms with Gasteiger partial charge in [-0.25, -0.2) is 22.9 Å². The van der Waals surface area contributed by atoms with Crippen LogP contribution in [0.2, 0.25) is 0 Å². The molecule has 1 unspecified atom stereocenters. The van der Waals surface area contributed by atoms with E-state index in [-0.39, 0.29) is 10.5 Å². The maximum atomic E-state index is 13.8. The molecule has 224 valence electrons. The number of aromatic amines is 1. The normalized spacial score (nSPS) is 15.1. The van der Waals surface area contributed by atoms with Crippen LogP contribution in [0.3, 0.4) is 0 Å². The predicted molar refractivity (Wildman–Crippen MR) is 166 cm³/mol. The Morgan fingerprint density at radius 2 is 1.82 bits per heavy atom. The fourth-order valence-corrected chi connectivity index (χ4v) is 7.12. The lowest BCUT2D eigenvalue weighted by Gasteiger charge is -2.26. The number of aryl methyl sites for hydroxylation is 1. The highest BCUT2D eigenvalue weighted by Crippen LogP contribution is 2.35. The van der Waals surface area contributed by atoms with E-state index in [1.165, 1.54) is 10.6 Å². The van der Waals surface area contributed by atoms with E-state index in [1.54, 1.807) is 39.7 Å². The van der Waals surface area contributed by atoms with Gasteiger partial charge in [0.25, 0.3) is 5.56 Å². The van der Waals surface area contributed by atoms with Crippen LogP contribution in [-0.4, -0.2) is 68.2 Å². The number of H-pyrrole nitrogens is 1. The molecule has 1 saturated heterocycles. The van der Waals surface area contributed by atoms with Crippen molar-refractivity contribution >= 4 is 32.4 Å². The summed E-state index contributed by atoms with van der Waals surface area (Å²) in [4.78, 5) is 26.2. The van der Waals surface area contributed by atoms with E-state index in [0.29, 0.717) is 65.7 Å². The standard InChI is InChI=1S/C31H30N8O4S/c1-20-11-12-38-27(20)31(40)39(23-8-4-3-5-9-23)30(36-38)21(2)35-29-26-25(18-32-28(26)33-19-34-29)22-7-6-10-24(17-22)44(41,42)37-13-15-43-16-14-37/h3-12,17-19,21H,13-16H2,1-2H3,(H2,32,33,34,35). The third kappa shape index (κ3) is 4.75. The van der Waals surface area contributed by atoms with Crippen LogP contribution in [0.15, 0.2) is 89.1 Å². The van der Waals surface area contributed by atoms with Gasteiger partial charge in [0.2, 0.25) is 10.0 Å². The van der Waals surface area contributed by atoms with Crippen molar-refractivity contribution in [3.8, 4) is 16.8 Å². The quantitative estimate of drug-likeness (QED) is 0.277. The van der Waals surface area contributed by atoms with E-state index in [1.807, 2.05) is 56.3 Å². The topological polar surface area (TPSA) is 140 Å². The average molecular weight is 611 g/mol. The van der Waals surface area contributed by atoms with Gasteiger partial charge >= 0.3 is 0 Å². The number of fused-ring (bicyclic) bond motifs is 2. The lowest BCUT2D eigenvalue weighted by molar-refractivity contribution is 0.0730. The smallest absolute Gasteiger partial charge is 0.282 e. The summed E-state index contributed by atoms with van der Waals surface area (Å²) in [5.74, 6) is 1.00. The first-order valence-corrected chi connectivity index (χ1v) is 15.7. The molecule has 6 aromatic rings. The van der Waals surface area contributed by atoms with Gasteiger partial charge in [-0.15, -0.1) is 0 Å². The van der Waals surface area contributed by atoms with E-state index in [4.69, 9.17) is 9.84 Å². The van der Waals surface area contributed by atoms with E-state index < -0.39 is 16.1 Å². The van der Waals surface area contributed by atoms with Crippen LogP contribution in [0.5, 0.6) is 0 Å². The Bertz CT molecular complexity index is 2170. The Kier molecular flexibility index (Phi) is 6.99. The van der Waals surface area contributed by atoms with Gasteiger partial charge in [0.15, 0.2) is 5.82 Å². The second-order valence-electron chi connectivity index (χ2n) is 10.7. The molecule has 0 radical (unpaired) electrons. The number of para-hydroxylation sites is 1. The molecule has 0 aliphatic carbocycles. The maximum Gasteiger partial charge on any atom is 0.282 e. The first-order valence-electron chi connectivity index (χ1n) is 14.3. The molecule has 1 aliphatic rings. The van der Waals surface area contributed by atoms with Gasteiger partial charge in [-0.2, -0.15) is 9.40 Å². The van der Waals surface area contributed by atoms with Gasteiger partial charge in [-0.05, 0) is 55.3 Å². The number of nitrogens with one attached hydrogen (secondary N) is 2. The number of sulfonamides is 1. The number of anilines is 1. The zero-order valence-corrected chi connectivity index (χ0v) is 25.0. The lowest BCUT2D eigenvalue weighted by atomic mass is 10.1. The number of nitrogens with zero attached hydrogens (tertiary/aromatic N) is 6. The second-order valence-corrected chi connectivity index (χ2v) is 12.6. The molecule has 5 heterocycles. The van der Waals surface area contributed by atoms with Gasteiger partial charge < -0.3 is 15.0 Å². The van der Waals surface area contributed by atoms with Crippen molar-refractivity contribution in [1.29, 1.82) is 0 Å². The molecule has 0 saturated carbocycles. The highest BCUT2D eigenvalue weighted by molar-refractivity contribution is 7.89. The molecule has 1 atom stereocenters. The number of ether oxygens (including phenoxy) is 1. The summed E-state index contributed by atoms with van der Waals surface area (Å²) in [6, 6.07) is 17.7. The molecule has 4 aromatic heterocycles. The molecule has 0 spiro atoms. The molecular formula is C31H30N8O4S. The fourth-order valence-electron chi connectivity index (χ4n) is 5.67. The molecule has 2 aromatic carbocycles. The zero-order chi connectivity index (χ0) is 30.4. The third-order valence-electron chi connectivity index (χ3n) is 7.89. The van der Waals surface area contributed by atoms with Gasteiger partial charge in [-0.1, -0.05) is 30.3 Å². The molecule has 12 nitrogen and oxygen atoms in total. The minimum atomic E-state index is -3.69. The number of benzene rings is 2. The Balaban J connectivity index is 1.30. The highest BCUT2D eigenvalue weighted by Gasteiger charge is 2.27. The summed E-state index contributed by atoms with van der Waals surface area (Å²) in [6.45, 7) is 5.18. The van der Waals surface area contributed by atoms with Crippen LogP contribution < -0.4 is 10.9 Å². The van der Waals surface area contributed by atoms with Gasteiger partial charge in [0.1, 0.15) is 23.3 Å². The largest absolute Gasteiger partial charge is 0.379 e. The lowest BCUT2D eigenvalue weighted by Crippen LogP contribution is -2.40. The molecular weight excluding hydrogens is 580 g/mol. The van der Waals surface area contributed by atoms with Crippen molar-refractivity contribution in [3.63, 3.8) is 0 Å². The number of hydrogen-bond acceptors (Lipinski definition) is 8. The van der Waals surface area contributed by atoms with Crippen molar-refractivity contribution < 1.29 is 13.2 Å². The molecule has 1 aliphatic heterocycles. The number of hydrogen-bond donors (Lipinski definition) is 2. The van der Waals surface area contributed by atoms with Crippen LogP contribution in [0.1, 0.15) is 24.4 Å². The number of rotatable bonds is 7.